The molecule has 1 unspecified atom stereocenters. The Morgan fingerprint density at radius 3 is 2.62 bits per heavy atom. The number of fused-ring (bicyclic) bond motifs is 1. The second kappa shape index (κ2) is 8.73. The maximum Gasteiger partial charge on any atom is 0.259 e. The smallest absolute Gasteiger partial charge is 0.259 e. The summed E-state index contributed by atoms with van der Waals surface area (Å²) >= 11 is 0. The van der Waals surface area contributed by atoms with Crippen LogP contribution in [0.4, 0.5) is 11.4 Å². The van der Waals surface area contributed by atoms with E-state index >= 15 is 0 Å². The molecule has 1 aromatic carbocycles. The molecule has 166 valence electrons. The predicted molar refractivity (Wildman–Crippen MR) is 121 cm³/mol. The highest BCUT2D eigenvalue weighted by molar-refractivity contribution is 6.07. The number of aromatic nitrogens is 1. The van der Waals surface area contributed by atoms with Crippen LogP contribution in [0.25, 0.3) is 0 Å². The van der Waals surface area contributed by atoms with Crippen LogP contribution < -0.4 is 10.2 Å². The first-order valence-corrected chi connectivity index (χ1v) is 11.6. The Morgan fingerprint density at radius 1 is 1.00 bits per heavy atom. The minimum absolute atomic E-state index is 0.0688. The first kappa shape index (κ1) is 20.7. The highest BCUT2D eigenvalue weighted by Gasteiger charge is 2.38. The van der Waals surface area contributed by atoms with E-state index in [0.717, 1.165) is 49.8 Å². The number of hydrogen-bond acceptors (Lipinski definition) is 4. The van der Waals surface area contributed by atoms with Crippen molar-refractivity contribution < 1.29 is 14.4 Å². The number of carbonyl (C=O) groups excluding carboxylic acids is 3. The van der Waals surface area contributed by atoms with Crippen LogP contribution >= 0.6 is 0 Å². The van der Waals surface area contributed by atoms with Crippen LogP contribution in [0, 0.1) is 5.92 Å². The molecule has 7 nitrogen and oxygen atoms in total. The van der Waals surface area contributed by atoms with Crippen LogP contribution in [0.1, 0.15) is 54.4 Å². The normalized spacial score (nSPS) is 20.4. The third-order valence-electron chi connectivity index (χ3n) is 6.94. The molecule has 1 N–H and O–H groups in total. The van der Waals surface area contributed by atoms with Crippen LogP contribution in [0.3, 0.4) is 0 Å². The summed E-state index contributed by atoms with van der Waals surface area (Å²) < 4.78 is 0. The summed E-state index contributed by atoms with van der Waals surface area (Å²) in [6.07, 6.45) is 9.65. The largest absolute Gasteiger partial charge is 0.330 e. The molecule has 1 saturated carbocycles. The van der Waals surface area contributed by atoms with Gasteiger partial charge in [0.1, 0.15) is 6.04 Å². The van der Waals surface area contributed by atoms with Crippen molar-refractivity contribution in [1.82, 2.24) is 9.88 Å². The van der Waals surface area contributed by atoms with E-state index < -0.39 is 0 Å². The maximum absolute atomic E-state index is 13.0. The molecule has 0 radical (unpaired) electrons. The third kappa shape index (κ3) is 3.87. The van der Waals surface area contributed by atoms with Crippen LogP contribution in [-0.2, 0) is 16.0 Å². The molecule has 3 amide bonds. The quantitative estimate of drug-likeness (QED) is 0.803. The van der Waals surface area contributed by atoms with Crippen molar-refractivity contribution in [2.75, 3.05) is 23.3 Å². The van der Waals surface area contributed by atoms with Crippen molar-refractivity contribution in [3.63, 3.8) is 0 Å². The monoisotopic (exact) mass is 432 g/mol. The van der Waals surface area contributed by atoms with Gasteiger partial charge in [-0.2, -0.15) is 0 Å². The van der Waals surface area contributed by atoms with Gasteiger partial charge in [0.2, 0.25) is 11.8 Å². The van der Waals surface area contributed by atoms with Gasteiger partial charge in [-0.25, -0.2) is 0 Å². The molecule has 1 aromatic heterocycles. The molecule has 1 saturated heterocycles. The Hall–Kier alpha value is -3.22. The topological polar surface area (TPSA) is 82.6 Å². The van der Waals surface area contributed by atoms with E-state index in [1.54, 1.807) is 34.3 Å². The van der Waals surface area contributed by atoms with Gasteiger partial charge in [-0.05, 0) is 68.0 Å². The Morgan fingerprint density at radius 2 is 1.84 bits per heavy atom. The predicted octanol–water partition coefficient (Wildman–Crippen LogP) is 3.40. The number of likely N-dealkylation sites (tertiary alicyclic amines) is 1. The number of nitrogens with one attached hydrogen (secondary N) is 1. The molecule has 3 aliphatic rings. The summed E-state index contributed by atoms with van der Waals surface area (Å²) in [5.41, 5.74) is 3.18. The number of rotatable bonds is 4. The molecule has 3 heterocycles. The fourth-order valence-corrected chi connectivity index (χ4v) is 5.27. The fraction of sp³-hybridized carbons (Fsp3) is 0.440. The van der Waals surface area contributed by atoms with E-state index in [0.29, 0.717) is 30.8 Å². The van der Waals surface area contributed by atoms with Crippen molar-refractivity contribution in [2.24, 2.45) is 5.92 Å². The first-order chi connectivity index (χ1) is 15.6. The summed E-state index contributed by atoms with van der Waals surface area (Å²) in [5.74, 6) is 0.0566. The van der Waals surface area contributed by atoms with Crippen molar-refractivity contribution in [1.29, 1.82) is 0 Å². The minimum atomic E-state index is -0.389. The Labute approximate surface area is 187 Å². The Balaban J connectivity index is 1.27. The van der Waals surface area contributed by atoms with Gasteiger partial charge in [0.15, 0.2) is 0 Å². The van der Waals surface area contributed by atoms with Gasteiger partial charge < -0.3 is 15.1 Å². The number of pyridine rings is 1. The SMILES string of the molecule is O=C(Nc1ccc2c(c1)CCN2C(=O)c1cccnc1)C1CCCN1C(=O)C1CCCC1. The van der Waals surface area contributed by atoms with Gasteiger partial charge in [0.05, 0.1) is 5.56 Å². The average molecular weight is 433 g/mol. The second-order valence-corrected chi connectivity index (χ2v) is 8.95. The van der Waals surface area contributed by atoms with Crippen LogP contribution in [0.15, 0.2) is 42.7 Å². The number of anilines is 2. The van der Waals surface area contributed by atoms with E-state index in [1.807, 2.05) is 18.2 Å². The van der Waals surface area contributed by atoms with E-state index in [-0.39, 0.29) is 29.7 Å². The zero-order valence-corrected chi connectivity index (χ0v) is 18.1. The molecule has 7 heteroatoms. The number of benzene rings is 1. The highest BCUT2D eigenvalue weighted by Crippen LogP contribution is 2.33. The van der Waals surface area contributed by atoms with E-state index in [1.165, 1.54) is 0 Å². The van der Waals surface area contributed by atoms with E-state index in [2.05, 4.69) is 10.3 Å². The van der Waals surface area contributed by atoms with Crippen LogP contribution in [0.5, 0.6) is 0 Å². The average Bonchev–Trinajstić information content (AvgIpc) is 3.59. The molecule has 1 atom stereocenters. The van der Waals surface area contributed by atoms with Gasteiger partial charge >= 0.3 is 0 Å². The Bertz CT molecular complexity index is 1030. The minimum Gasteiger partial charge on any atom is -0.330 e. The standard InChI is InChI=1S/C25H28N4O3/c30-23(22-8-4-13-28(22)24(31)17-5-1-2-6-17)27-20-9-10-21-18(15-20)11-14-29(21)25(32)19-7-3-12-26-16-19/h3,7,9-10,12,15-17,22H,1-2,4-6,8,11,13-14H2,(H,27,30). The molecule has 32 heavy (non-hydrogen) atoms. The number of hydrogen-bond donors (Lipinski definition) is 1. The zero-order chi connectivity index (χ0) is 22.1. The summed E-state index contributed by atoms with van der Waals surface area (Å²) in [6, 6.07) is 8.81. The molecule has 2 aliphatic heterocycles. The molecule has 5 rings (SSSR count). The lowest BCUT2D eigenvalue weighted by Crippen LogP contribution is -2.45. The molecule has 0 spiro atoms. The molecular formula is C25H28N4O3. The molecule has 1 aliphatic carbocycles. The van der Waals surface area contributed by atoms with Crippen LogP contribution in [0.2, 0.25) is 0 Å². The van der Waals surface area contributed by atoms with E-state index in [4.69, 9.17) is 0 Å². The highest BCUT2D eigenvalue weighted by atomic mass is 16.2. The molecule has 2 aromatic rings. The van der Waals surface area contributed by atoms with Crippen molar-refractivity contribution in [3.05, 3.63) is 53.9 Å². The third-order valence-corrected chi connectivity index (χ3v) is 6.94. The summed E-state index contributed by atoms with van der Waals surface area (Å²) in [5, 5.41) is 3.02. The number of carbonyl (C=O) groups is 3. The molecular weight excluding hydrogens is 404 g/mol. The van der Waals surface area contributed by atoms with E-state index in [9.17, 15) is 14.4 Å². The van der Waals surface area contributed by atoms with Gasteiger partial charge in [0, 0.05) is 42.8 Å². The van der Waals surface area contributed by atoms with Gasteiger partial charge in [-0.3, -0.25) is 19.4 Å². The summed E-state index contributed by atoms with van der Waals surface area (Å²) in [6.45, 7) is 1.27. The molecule has 2 fully saturated rings. The lowest BCUT2D eigenvalue weighted by atomic mass is 10.1. The van der Waals surface area contributed by atoms with Crippen molar-refractivity contribution in [2.45, 2.75) is 51.0 Å². The lowest BCUT2D eigenvalue weighted by molar-refractivity contribution is -0.140. The second-order valence-electron chi connectivity index (χ2n) is 8.95. The Kier molecular flexibility index (Phi) is 5.64. The lowest BCUT2D eigenvalue weighted by Gasteiger charge is -2.26. The fourth-order valence-electron chi connectivity index (χ4n) is 5.27. The van der Waals surface area contributed by atoms with Crippen LogP contribution in [-0.4, -0.2) is 46.7 Å². The first-order valence-electron chi connectivity index (χ1n) is 11.6. The number of nitrogens with zero attached hydrogens (tertiary/aromatic N) is 3. The number of amides is 3. The van der Waals surface area contributed by atoms with Crippen molar-refractivity contribution >= 4 is 29.1 Å². The summed E-state index contributed by atoms with van der Waals surface area (Å²) in [7, 11) is 0. The van der Waals surface area contributed by atoms with Gasteiger partial charge in [-0.15, -0.1) is 0 Å². The molecule has 0 bridgehead atoms. The van der Waals surface area contributed by atoms with Gasteiger partial charge in [0.25, 0.3) is 5.91 Å². The maximum atomic E-state index is 13.0. The van der Waals surface area contributed by atoms with Crippen molar-refractivity contribution in [3.8, 4) is 0 Å². The zero-order valence-electron chi connectivity index (χ0n) is 18.1. The summed E-state index contributed by atoms with van der Waals surface area (Å²) in [4.78, 5) is 46.3. The van der Waals surface area contributed by atoms with Gasteiger partial charge in [-0.1, -0.05) is 12.8 Å².